The van der Waals surface area contributed by atoms with Gasteiger partial charge in [0.1, 0.15) is 6.61 Å². The van der Waals surface area contributed by atoms with E-state index in [1.165, 1.54) is 5.56 Å². The van der Waals surface area contributed by atoms with E-state index in [4.69, 9.17) is 4.74 Å². The molecule has 2 nitrogen and oxygen atoms in total. The number of benzene rings is 1. The number of ether oxygens (including phenoxy) is 1. The molecule has 0 aromatic heterocycles. The van der Waals surface area contributed by atoms with E-state index < -0.39 is 0 Å². The van der Waals surface area contributed by atoms with Crippen molar-refractivity contribution in [1.82, 2.24) is 0 Å². The second kappa shape index (κ2) is 3.93. The molecule has 0 bridgehead atoms. The minimum absolute atomic E-state index is 0.0264. The van der Waals surface area contributed by atoms with Crippen molar-refractivity contribution in [3.8, 4) is 0 Å². The Hall–Kier alpha value is -1.15. The fourth-order valence-corrected chi connectivity index (χ4v) is 1.78. The Morgan fingerprint density at radius 3 is 3.00 bits per heavy atom. The molecule has 1 aliphatic heterocycles. The third kappa shape index (κ3) is 1.70. The molecule has 0 radical (unpaired) electrons. The van der Waals surface area contributed by atoms with Crippen LogP contribution in [0.5, 0.6) is 0 Å². The van der Waals surface area contributed by atoms with Crippen LogP contribution < -0.4 is 0 Å². The zero-order chi connectivity index (χ0) is 9.97. The van der Waals surface area contributed by atoms with Gasteiger partial charge >= 0.3 is 0 Å². The van der Waals surface area contributed by atoms with Gasteiger partial charge in [0, 0.05) is 0 Å². The molecule has 0 amide bonds. The molecule has 0 aliphatic carbocycles. The lowest BCUT2D eigenvalue weighted by Crippen LogP contribution is -2.09. The number of ketones is 1. The van der Waals surface area contributed by atoms with Crippen molar-refractivity contribution in [2.24, 2.45) is 0 Å². The summed E-state index contributed by atoms with van der Waals surface area (Å²) in [5.74, 6) is 0.180. The van der Waals surface area contributed by atoms with E-state index in [-0.39, 0.29) is 18.3 Å². The monoisotopic (exact) mass is 190 g/mol. The number of carbonyl (C=O) groups excluding carboxylic acids is 1. The Kier molecular flexibility index (Phi) is 2.64. The van der Waals surface area contributed by atoms with Crippen molar-refractivity contribution in [2.75, 3.05) is 13.2 Å². The predicted molar refractivity (Wildman–Crippen MR) is 54.4 cm³/mol. The van der Waals surface area contributed by atoms with Crippen LogP contribution >= 0.6 is 0 Å². The van der Waals surface area contributed by atoms with Gasteiger partial charge in [-0.3, -0.25) is 4.79 Å². The van der Waals surface area contributed by atoms with Crippen LogP contribution in [0.2, 0.25) is 0 Å². The summed E-state index contributed by atoms with van der Waals surface area (Å²) in [7, 11) is 0. The summed E-state index contributed by atoms with van der Waals surface area (Å²) in [4.78, 5) is 11.4. The third-order valence-corrected chi connectivity index (χ3v) is 2.68. The SMILES string of the molecule is CCc1cccc([C@H]2COCC2=O)c1. The maximum absolute atomic E-state index is 11.4. The number of aryl methyl sites for hydroxylation is 1. The van der Waals surface area contributed by atoms with E-state index in [1.807, 2.05) is 12.1 Å². The number of Topliss-reactive ketones (excluding diaryl/α,β-unsaturated/α-hetero) is 1. The molecule has 0 unspecified atom stereocenters. The lowest BCUT2D eigenvalue weighted by molar-refractivity contribution is -0.118. The van der Waals surface area contributed by atoms with Gasteiger partial charge in [-0.1, -0.05) is 31.2 Å². The van der Waals surface area contributed by atoms with E-state index in [1.54, 1.807) is 0 Å². The Balaban J connectivity index is 2.26. The summed E-state index contributed by atoms with van der Waals surface area (Å²) in [6, 6.07) is 8.22. The summed E-state index contributed by atoms with van der Waals surface area (Å²) >= 11 is 0. The van der Waals surface area contributed by atoms with Crippen molar-refractivity contribution in [1.29, 1.82) is 0 Å². The van der Waals surface area contributed by atoms with Crippen molar-refractivity contribution in [3.05, 3.63) is 35.4 Å². The Morgan fingerprint density at radius 1 is 1.50 bits per heavy atom. The third-order valence-electron chi connectivity index (χ3n) is 2.68. The van der Waals surface area contributed by atoms with Crippen molar-refractivity contribution in [2.45, 2.75) is 19.3 Å². The van der Waals surface area contributed by atoms with Gasteiger partial charge in [0.25, 0.3) is 0 Å². The molecule has 0 N–H and O–H groups in total. The van der Waals surface area contributed by atoms with Gasteiger partial charge < -0.3 is 4.74 Å². The molecule has 14 heavy (non-hydrogen) atoms. The summed E-state index contributed by atoms with van der Waals surface area (Å²) < 4.78 is 5.15. The molecule has 0 saturated carbocycles. The van der Waals surface area contributed by atoms with Crippen LogP contribution in [0.4, 0.5) is 0 Å². The topological polar surface area (TPSA) is 26.3 Å². The molecule has 1 atom stereocenters. The molecule has 1 heterocycles. The summed E-state index contributed by atoms with van der Waals surface area (Å²) in [5.41, 5.74) is 2.38. The van der Waals surface area contributed by atoms with Gasteiger partial charge in [-0.25, -0.2) is 0 Å². The molecular formula is C12H14O2. The van der Waals surface area contributed by atoms with E-state index in [0.717, 1.165) is 12.0 Å². The molecule has 2 heteroatoms. The number of rotatable bonds is 2. The van der Waals surface area contributed by atoms with Crippen LogP contribution in [0.1, 0.15) is 24.0 Å². The van der Waals surface area contributed by atoms with E-state index in [2.05, 4.69) is 19.1 Å². The van der Waals surface area contributed by atoms with Crippen LogP contribution in [0.25, 0.3) is 0 Å². The van der Waals surface area contributed by atoms with E-state index in [9.17, 15) is 4.79 Å². The highest BCUT2D eigenvalue weighted by Crippen LogP contribution is 2.23. The van der Waals surface area contributed by atoms with E-state index in [0.29, 0.717) is 6.61 Å². The highest BCUT2D eigenvalue weighted by molar-refractivity contribution is 5.88. The zero-order valence-corrected chi connectivity index (χ0v) is 8.32. The van der Waals surface area contributed by atoms with Crippen LogP contribution in [-0.2, 0) is 16.0 Å². The lowest BCUT2D eigenvalue weighted by Gasteiger charge is -2.07. The molecule has 74 valence electrons. The fraction of sp³-hybridized carbons (Fsp3) is 0.417. The standard InChI is InChI=1S/C12H14O2/c1-2-9-4-3-5-10(6-9)11-7-14-8-12(11)13/h3-6,11H,2,7-8H2,1H3/t11-/m1/s1. The second-order valence-electron chi connectivity index (χ2n) is 3.63. The normalized spacial score (nSPS) is 21.5. The Labute approximate surface area is 83.9 Å². The molecule has 1 aliphatic rings. The van der Waals surface area contributed by atoms with Crippen molar-refractivity contribution >= 4 is 5.78 Å². The van der Waals surface area contributed by atoms with Crippen molar-refractivity contribution < 1.29 is 9.53 Å². The predicted octanol–water partition coefficient (Wildman–Crippen LogP) is 1.93. The molecule has 1 aromatic carbocycles. The minimum Gasteiger partial charge on any atom is -0.373 e. The number of hydrogen-bond donors (Lipinski definition) is 0. The molecule has 1 aromatic rings. The van der Waals surface area contributed by atoms with Gasteiger partial charge in [-0.2, -0.15) is 0 Å². The Bertz CT molecular complexity index is 344. The quantitative estimate of drug-likeness (QED) is 0.712. The Morgan fingerprint density at radius 2 is 2.36 bits per heavy atom. The minimum atomic E-state index is -0.0264. The van der Waals surface area contributed by atoms with Gasteiger partial charge in [0.2, 0.25) is 0 Å². The zero-order valence-electron chi connectivity index (χ0n) is 8.32. The van der Waals surface area contributed by atoms with Crippen LogP contribution in [-0.4, -0.2) is 19.0 Å². The molecule has 0 spiro atoms. The van der Waals surface area contributed by atoms with Gasteiger partial charge in [0.15, 0.2) is 5.78 Å². The first-order valence-electron chi connectivity index (χ1n) is 5.00. The van der Waals surface area contributed by atoms with Gasteiger partial charge in [0.05, 0.1) is 12.5 Å². The number of carbonyl (C=O) groups is 1. The molecule has 1 fully saturated rings. The smallest absolute Gasteiger partial charge is 0.168 e. The first kappa shape index (κ1) is 9.41. The summed E-state index contributed by atoms with van der Waals surface area (Å²) in [6.07, 6.45) is 1.01. The largest absolute Gasteiger partial charge is 0.373 e. The van der Waals surface area contributed by atoms with E-state index >= 15 is 0 Å². The highest BCUT2D eigenvalue weighted by Gasteiger charge is 2.26. The summed E-state index contributed by atoms with van der Waals surface area (Å²) in [5, 5.41) is 0. The van der Waals surface area contributed by atoms with Gasteiger partial charge in [-0.15, -0.1) is 0 Å². The molecular weight excluding hydrogens is 176 g/mol. The highest BCUT2D eigenvalue weighted by atomic mass is 16.5. The first-order chi connectivity index (χ1) is 6.81. The second-order valence-corrected chi connectivity index (χ2v) is 3.63. The molecule has 1 saturated heterocycles. The molecule has 2 rings (SSSR count). The van der Waals surface area contributed by atoms with Crippen LogP contribution in [0.15, 0.2) is 24.3 Å². The van der Waals surface area contributed by atoms with Crippen LogP contribution in [0, 0.1) is 0 Å². The maximum atomic E-state index is 11.4. The summed E-state index contributed by atoms with van der Waals surface area (Å²) in [6.45, 7) is 2.94. The van der Waals surface area contributed by atoms with Crippen molar-refractivity contribution in [3.63, 3.8) is 0 Å². The first-order valence-corrected chi connectivity index (χ1v) is 5.00. The fourth-order valence-electron chi connectivity index (χ4n) is 1.78. The maximum Gasteiger partial charge on any atom is 0.168 e. The average molecular weight is 190 g/mol. The number of hydrogen-bond acceptors (Lipinski definition) is 2. The van der Waals surface area contributed by atoms with Crippen LogP contribution in [0.3, 0.4) is 0 Å². The van der Waals surface area contributed by atoms with Gasteiger partial charge in [-0.05, 0) is 17.5 Å². The lowest BCUT2D eigenvalue weighted by atomic mass is 9.95. The average Bonchev–Trinajstić information content (AvgIpc) is 2.65.